The largest absolute Gasteiger partial charge is 0.477 e. The molecule has 3 fully saturated rings. The van der Waals surface area contributed by atoms with Gasteiger partial charge in [-0.25, -0.2) is 14.8 Å². The molecule has 1 saturated heterocycles. The van der Waals surface area contributed by atoms with E-state index >= 15 is 0 Å². The highest BCUT2D eigenvalue weighted by Crippen LogP contribution is 2.66. The van der Waals surface area contributed by atoms with Crippen molar-refractivity contribution in [1.29, 1.82) is 0 Å². The smallest absolute Gasteiger partial charge is 0.413 e. The maximum Gasteiger partial charge on any atom is 0.413 e. The number of amides is 1. The van der Waals surface area contributed by atoms with Crippen LogP contribution < -0.4 is 14.8 Å². The SMILES string of the molecule is CC(=O)Oc1ccc2c3c1OC1C(=O)CC[C@@]4(OC(=O)Nc5cc(C)ncn5)[C@@H](C2)N(CC2CC2)CC[C@]314. The number of ether oxygens (including phenoxy) is 3. The summed E-state index contributed by atoms with van der Waals surface area (Å²) in [6, 6.07) is 5.31. The van der Waals surface area contributed by atoms with Gasteiger partial charge in [0.2, 0.25) is 0 Å². The Labute approximate surface area is 220 Å². The summed E-state index contributed by atoms with van der Waals surface area (Å²) in [7, 11) is 0. The van der Waals surface area contributed by atoms with Crippen LogP contribution in [0.4, 0.5) is 10.6 Å². The molecule has 1 amide bonds. The molecule has 4 atom stereocenters. The van der Waals surface area contributed by atoms with Crippen LogP contribution in [-0.4, -0.2) is 63.6 Å². The van der Waals surface area contributed by atoms with Crippen molar-refractivity contribution in [2.75, 3.05) is 18.4 Å². The summed E-state index contributed by atoms with van der Waals surface area (Å²) in [5.41, 5.74) is 0.802. The molecule has 1 N–H and O–H groups in total. The predicted molar refractivity (Wildman–Crippen MR) is 134 cm³/mol. The first-order valence-corrected chi connectivity index (χ1v) is 13.4. The third-order valence-electron chi connectivity index (χ3n) is 9.07. The molecule has 2 bridgehead atoms. The molecule has 5 aliphatic rings. The summed E-state index contributed by atoms with van der Waals surface area (Å²) < 4.78 is 18.5. The summed E-state index contributed by atoms with van der Waals surface area (Å²) in [4.78, 5) is 49.6. The van der Waals surface area contributed by atoms with E-state index in [1.54, 1.807) is 12.1 Å². The Bertz CT molecular complexity index is 1380. The fraction of sp³-hybridized carbons (Fsp3) is 0.536. The normalized spacial score (nSPS) is 30.7. The van der Waals surface area contributed by atoms with Gasteiger partial charge in [-0.05, 0) is 63.1 Å². The van der Waals surface area contributed by atoms with Crippen LogP contribution in [0.25, 0.3) is 0 Å². The molecule has 7 rings (SSSR count). The number of hydrogen-bond acceptors (Lipinski definition) is 9. The maximum atomic E-state index is 13.5. The Hall–Kier alpha value is -3.53. The average Bonchev–Trinajstić information content (AvgIpc) is 3.60. The molecular formula is C28H30N4O6. The van der Waals surface area contributed by atoms with Gasteiger partial charge in [0, 0.05) is 37.2 Å². The van der Waals surface area contributed by atoms with Gasteiger partial charge in [0.25, 0.3) is 0 Å². The number of likely N-dealkylation sites (tertiary alicyclic amines) is 1. The van der Waals surface area contributed by atoms with Crippen LogP contribution in [0.1, 0.15) is 55.8 Å². The molecule has 1 unspecified atom stereocenters. The van der Waals surface area contributed by atoms with E-state index in [0.717, 1.165) is 29.9 Å². The molecule has 1 aromatic heterocycles. The first-order chi connectivity index (χ1) is 18.3. The number of benzene rings is 1. The molecule has 2 saturated carbocycles. The van der Waals surface area contributed by atoms with Crippen LogP contribution in [-0.2, 0) is 26.2 Å². The molecule has 2 aromatic rings. The van der Waals surface area contributed by atoms with Crippen molar-refractivity contribution in [2.24, 2.45) is 5.92 Å². The number of anilines is 1. The van der Waals surface area contributed by atoms with Crippen molar-refractivity contribution in [2.45, 2.75) is 75.5 Å². The van der Waals surface area contributed by atoms with Crippen molar-refractivity contribution >= 4 is 23.7 Å². The second-order valence-corrected chi connectivity index (χ2v) is 11.3. The van der Waals surface area contributed by atoms with Crippen molar-refractivity contribution in [3.8, 4) is 11.5 Å². The zero-order valence-electron chi connectivity index (χ0n) is 21.5. The Morgan fingerprint density at radius 3 is 2.84 bits per heavy atom. The van der Waals surface area contributed by atoms with Crippen LogP contribution in [0.2, 0.25) is 0 Å². The van der Waals surface area contributed by atoms with E-state index in [4.69, 9.17) is 14.2 Å². The van der Waals surface area contributed by atoms with E-state index < -0.39 is 29.2 Å². The number of piperidine rings is 1. The van der Waals surface area contributed by atoms with Crippen LogP contribution >= 0.6 is 0 Å². The van der Waals surface area contributed by atoms with Gasteiger partial charge < -0.3 is 14.2 Å². The highest BCUT2D eigenvalue weighted by molar-refractivity contribution is 5.91. The van der Waals surface area contributed by atoms with E-state index in [1.807, 2.05) is 13.0 Å². The lowest BCUT2D eigenvalue weighted by atomic mass is 9.48. The Morgan fingerprint density at radius 2 is 2.08 bits per heavy atom. The summed E-state index contributed by atoms with van der Waals surface area (Å²) in [5.74, 6) is 1.29. The van der Waals surface area contributed by atoms with E-state index in [9.17, 15) is 14.4 Å². The molecule has 198 valence electrons. The zero-order valence-corrected chi connectivity index (χ0v) is 21.5. The molecule has 38 heavy (non-hydrogen) atoms. The highest BCUT2D eigenvalue weighted by atomic mass is 16.6. The minimum absolute atomic E-state index is 0.0109. The highest BCUT2D eigenvalue weighted by Gasteiger charge is 2.75. The van der Waals surface area contributed by atoms with Crippen LogP contribution in [0, 0.1) is 12.8 Å². The number of aryl methyl sites for hydroxylation is 1. The van der Waals surface area contributed by atoms with E-state index in [2.05, 4.69) is 20.2 Å². The van der Waals surface area contributed by atoms with Crippen LogP contribution in [0.5, 0.6) is 11.5 Å². The van der Waals surface area contributed by atoms with Crippen molar-refractivity contribution in [1.82, 2.24) is 14.9 Å². The molecule has 3 aliphatic carbocycles. The summed E-state index contributed by atoms with van der Waals surface area (Å²) in [5, 5.41) is 2.79. The lowest BCUT2D eigenvalue weighted by Gasteiger charge is -2.63. The second kappa shape index (κ2) is 8.23. The lowest BCUT2D eigenvalue weighted by Crippen LogP contribution is -2.78. The minimum atomic E-state index is -0.988. The van der Waals surface area contributed by atoms with E-state index in [-0.39, 0.29) is 18.2 Å². The second-order valence-electron chi connectivity index (χ2n) is 11.3. The van der Waals surface area contributed by atoms with Crippen LogP contribution in [0.3, 0.4) is 0 Å². The van der Waals surface area contributed by atoms with Gasteiger partial charge in [0.05, 0.1) is 11.5 Å². The first-order valence-electron chi connectivity index (χ1n) is 13.4. The standard InChI is InChI=1S/C28H30N4O6/c1-15-11-22(30-14-29-15)31-26(35)38-28-8-7-19(34)25-27(28)9-10-32(13-17-3-4-17)21(28)12-18-5-6-20(36-16(2)33)24(37-25)23(18)27/h5-6,11,14,17,21,25H,3-4,7-10,12-13H2,1-2H3,(H,29,30,31,35)/t21-,25?,27+,28-/m1/s1. The number of nitrogens with one attached hydrogen (secondary N) is 1. The predicted octanol–water partition coefficient (Wildman–Crippen LogP) is 3.10. The van der Waals surface area contributed by atoms with Crippen LogP contribution in [0.15, 0.2) is 24.5 Å². The number of nitrogens with zero attached hydrogens (tertiary/aromatic N) is 3. The number of rotatable bonds is 5. The average molecular weight is 519 g/mol. The fourth-order valence-corrected chi connectivity index (χ4v) is 7.49. The van der Waals surface area contributed by atoms with Crippen molar-refractivity contribution in [3.05, 3.63) is 41.3 Å². The number of aromatic nitrogens is 2. The molecule has 0 radical (unpaired) electrons. The van der Waals surface area contributed by atoms with Crippen molar-refractivity contribution in [3.63, 3.8) is 0 Å². The Morgan fingerprint density at radius 1 is 1.24 bits per heavy atom. The Balaban J connectivity index is 1.36. The third-order valence-corrected chi connectivity index (χ3v) is 9.07. The van der Waals surface area contributed by atoms with Crippen molar-refractivity contribution < 1.29 is 28.6 Å². The lowest BCUT2D eigenvalue weighted by molar-refractivity contribution is -0.187. The molecule has 1 spiro atoms. The van der Waals surface area contributed by atoms with Gasteiger partial charge in [-0.2, -0.15) is 0 Å². The van der Waals surface area contributed by atoms with Gasteiger partial charge in [-0.3, -0.25) is 19.8 Å². The number of esters is 1. The summed E-state index contributed by atoms with van der Waals surface area (Å²) in [6.07, 6.45) is 4.32. The molecular weight excluding hydrogens is 488 g/mol. The van der Waals surface area contributed by atoms with Gasteiger partial charge in [-0.15, -0.1) is 0 Å². The molecule has 3 heterocycles. The molecule has 10 nitrogen and oxygen atoms in total. The molecule has 2 aliphatic heterocycles. The van der Waals surface area contributed by atoms with E-state index in [0.29, 0.717) is 42.5 Å². The van der Waals surface area contributed by atoms with E-state index in [1.165, 1.54) is 26.1 Å². The maximum absolute atomic E-state index is 13.5. The topological polar surface area (TPSA) is 120 Å². The Kier molecular flexibility index (Phi) is 5.11. The summed E-state index contributed by atoms with van der Waals surface area (Å²) >= 11 is 0. The fourth-order valence-electron chi connectivity index (χ4n) is 7.49. The van der Waals surface area contributed by atoms with Gasteiger partial charge in [0.15, 0.2) is 23.4 Å². The van der Waals surface area contributed by atoms with Gasteiger partial charge in [0.1, 0.15) is 17.7 Å². The monoisotopic (exact) mass is 518 g/mol. The summed E-state index contributed by atoms with van der Waals surface area (Å²) in [6.45, 7) is 4.90. The number of carbonyl (C=O) groups is 3. The molecule has 10 heteroatoms. The van der Waals surface area contributed by atoms with Gasteiger partial charge in [-0.1, -0.05) is 6.07 Å². The number of hydrogen-bond donors (Lipinski definition) is 1. The number of ketones is 1. The number of carbonyl (C=O) groups excluding carboxylic acids is 3. The van der Waals surface area contributed by atoms with Gasteiger partial charge >= 0.3 is 12.1 Å². The first kappa shape index (κ1) is 23.6. The quantitative estimate of drug-likeness (QED) is 0.470. The zero-order chi connectivity index (χ0) is 26.2. The third kappa shape index (κ3) is 3.32. The molecule has 1 aromatic carbocycles. The minimum Gasteiger partial charge on any atom is -0.477 e. The number of Topliss-reactive ketones (excluding diaryl/α,β-unsaturated/α-hetero) is 1.